The summed E-state index contributed by atoms with van der Waals surface area (Å²) in [5.74, 6) is 0. The van der Waals surface area contributed by atoms with Gasteiger partial charge in [-0.3, -0.25) is 0 Å². The van der Waals surface area contributed by atoms with E-state index in [9.17, 15) is 0 Å². The summed E-state index contributed by atoms with van der Waals surface area (Å²) in [5, 5.41) is 5.28. The van der Waals surface area contributed by atoms with Crippen molar-refractivity contribution in [2.45, 2.75) is 13.0 Å². The molecular weight excluding hydrogens is 130 g/mol. The van der Waals surface area contributed by atoms with Gasteiger partial charge in [0.15, 0.2) is 0 Å². The summed E-state index contributed by atoms with van der Waals surface area (Å²) in [6.45, 7) is 2.16. The minimum atomic E-state index is 0.505. The van der Waals surface area contributed by atoms with Crippen LogP contribution in [0.3, 0.4) is 0 Å². The monoisotopic (exact) mass is 141 g/mol. The molecule has 1 unspecified atom stereocenters. The normalized spacial score (nSPS) is 13.6. The Labute approximate surface area is 59.7 Å². The van der Waals surface area contributed by atoms with Crippen molar-refractivity contribution in [3.8, 4) is 0 Å². The van der Waals surface area contributed by atoms with Gasteiger partial charge in [0.2, 0.25) is 0 Å². The first-order chi connectivity index (χ1) is 4.34. The van der Waals surface area contributed by atoms with Crippen molar-refractivity contribution >= 4 is 11.3 Å². The molecule has 50 valence electrons. The third kappa shape index (κ3) is 1.53. The Morgan fingerprint density at radius 1 is 1.67 bits per heavy atom. The van der Waals surface area contributed by atoms with Crippen LogP contribution in [0, 0.1) is 0 Å². The molecule has 1 aromatic rings. The van der Waals surface area contributed by atoms with Crippen molar-refractivity contribution in [2.75, 3.05) is 7.05 Å². The lowest BCUT2D eigenvalue weighted by molar-refractivity contribution is 0.664. The molecule has 1 rings (SSSR count). The van der Waals surface area contributed by atoms with Gasteiger partial charge in [-0.05, 0) is 25.4 Å². The zero-order valence-corrected chi connectivity index (χ0v) is 6.53. The first-order valence-electron chi connectivity index (χ1n) is 3.05. The molecule has 2 heteroatoms. The first-order valence-corrected chi connectivity index (χ1v) is 3.93. The second-order valence-corrected chi connectivity index (χ2v) is 3.01. The maximum absolute atomic E-state index is 3.18. The fourth-order valence-corrected chi connectivity index (χ4v) is 1.47. The summed E-state index contributed by atoms with van der Waals surface area (Å²) in [4.78, 5) is 1.40. The molecule has 0 spiro atoms. The molecule has 0 amide bonds. The number of hydrogen-bond donors (Lipinski definition) is 1. The van der Waals surface area contributed by atoms with E-state index in [-0.39, 0.29) is 0 Å². The van der Waals surface area contributed by atoms with Crippen molar-refractivity contribution < 1.29 is 0 Å². The van der Waals surface area contributed by atoms with Gasteiger partial charge in [0.05, 0.1) is 0 Å². The van der Waals surface area contributed by atoms with E-state index in [0.29, 0.717) is 6.04 Å². The Morgan fingerprint density at radius 3 is 2.89 bits per heavy atom. The minimum Gasteiger partial charge on any atom is -0.313 e. The highest BCUT2D eigenvalue weighted by Gasteiger charge is 2.00. The van der Waals surface area contributed by atoms with E-state index in [1.54, 1.807) is 11.3 Å². The number of rotatable bonds is 2. The van der Waals surface area contributed by atoms with Gasteiger partial charge in [0.25, 0.3) is 0 Å². The molecule has 0 aromatic carbocycles. The molecular formula is C7H11NS. The van der Waals surface area contributed by atoms with Gasteiger partial charge in [-0.1, -0.05) is 6.07 Å². The van der Waals surface area contributed by atoms with Crippen LogP contribution in [0.1, 0.15) is 17.8 Å². The number of thiophene rings is 1. The summed E-state index contributed by atoms with van der Waals surface area (Å²) in [6.07, 6.45) is 0. The molecule has 0 saturated heterocycles. The Morgan fingerprint density at radius 2 is 2.44 bits per heavy atom. The molecule has 1 nitrogen and oxygen atoms in total. The highest BCUT2D eigenvalue weighted by atomic mass is 32.1. The smallest absolute Gasteiger partial charge is 0.0383 e. The summed E-state index contributed by atoms with van der Waals surface area (Å²) in [5.41, 5.74) is 0. The standard InChI is InChI=1S/C7H11NS/c1-6(8-2)7-4-3-5-9-7/h3-6,8H,1-2H3. The van der Waals surface area contributed by atoms with Crippen LogP contribution < -0.4 is 5.32 Å². The Balaban J connectivity index is 2.65. The molecule has 0 fully saturated rings. The summed E-state index contributed by atoms with van der Waals surface area (Å²) >= 11 is 1.79. The lowest BCUT2D eigenvalue weighted by Crippen LogP contribution is -2.10. The van der Waals surface area contributed by atoms with Crippen molar-refractivity contribution in [3.63, 3.8) is 0 Å². The molecule has 9 heavy (non-hydrogen) atoms. The molecule has 0 aliphatic carbocycles. The quantitative estimate of drug-likeness (QED) is 0.664. The van der Waals surface area contributed by atoms with E-state index >= 15 is 0 Å². The van der Waals surface area contributed by atoms with Gasteiger partial charge in [0.1, 0.15) is 0 Å². The molecule has 0 radical (unpaired) electrons. The van der Waals surface area contributed by atoms with E-state index in [1.165, 1.54) is 4.88 Å². The highest BCUT2D eigenvalue weighted by Crippen LogP contribution is 2.16. The maximum Gasteiger partial charge on any atom is 0.0383 e. The van der Waals surface area contributed by atoms with Crippen LogP contribution in [0.15, 0.2) is 17.5 Å². The van der Waals surface area contributed by atoms with Gasteiger partial charge >= 0.3 is 0 Å². The molecule has 1 aromatic heterocycles. The molecule has 0 saturated carbocycles. The fraction of sp³-hybridized carbons (Fsp3) is 0.429. The predicted molar refractivity (Wildman–Crippen MR) is 41.8 cm³/mol. The van der Waals surface area contributed by atoms with E-state index in [1.807, 2.05) is 7.05 Å². The lowest BCUT2D eigenvalue weighted by atomic mass is 10.3. The van der Waals surface area contributed by atoms with Crippen LogP contribution in [0.5, 0.6) is 0 Å². The van der Waals surface area contributed by atoms with Gasteiger partial charge in [0, 0.05) is 10.9 Å². The SMILES string of the molecule is CNC(C)c1cccs1. The predicted octanol–water partition coefficient (Wildman–Crippen LogP) is 2.03. The Bertz CT molecular complexity index is 157. The Kier molecular flexibility index (Phi) is 2.25. The average molecular weight is 141 g/mol. The van der Waals surface area contributed by atoms with Crippen molar-refractivity contribution in [1.29, 1.82) is 0 Å². The topological polar surface area (TPSA) is 12.0 Å². The molecule has 0 aliphatic rings. The van der Waals surface area contributed by atoms with Crippen LogP contribution >= 0.6 is 11.3 Å². The van der Waals surface area contributed by atoms with Crippen molar-refractivity contribution in [3.05, 3.63) is 22.4 Å². The Hall–Kier alpha value is -0.340. The second-order valence-electron chi connectivity index (χ2n) is 2.03. The van der Waals surface area contributed by atoms with Crippen molar-refractivity contribution in [1.82, 2.24) is 5.32 Å². The minimum absolute atomic E-state index is 0.505. The maximum atomic E-state index is 3.18. The van der Waals surface area contributed by atoms with E-state index in [4.69, 9.17) is 0 Å². The highest BCUT2D eigenvalue weighted by molar-refractivity contribution is 7.10. The van der Waals surface area contributed by atoms with Crippen LogP contribution in [0.2, 0.25) is 0 Å². The zero-order valence-electron chi connectivity index (χ0n) is 5.72. The number of nitrogens with one attached hydrogen (secondary N) is 1. The summed E-state index contributed by atoms with van der Waals surface area (Å²) < 4.78 is 0. The third-order valence-electron chi connectivity index (χ3n) is 1.40. The zero-order chi connectivity index (χ0) is 6.69. The first kappa shape index (κ1) is 6.78. The van der Waals surface area contributed by atoms with E-state index < -0.39 is 0 Å². The van der Waals surface area contributed by atoms with Crippen molar-refractivity contribution in [2.24, 2.45) is 0 Å². The van der Waals surface area contributed by atoms with Crippen LogP contribution in [-0.2, 0) is 0 Å². The second kappa shape index (κ2) is 2.99. The third-order valence-corrected chi connectivity index (χ3v) is 2.46. The molecule has 1 heterocycles. The molecule has 1 N–H and O–H groups in total. The summed E-state index contributed by atoms with van der Waals surface area (Å²) in [6, 6.07) is 4.73. The van der Waals surface area contributed by atoms with Crippen LogP contribution in [-0.4, -0.2) is 7.05 Å². The average Bonchev–Trinajstić information content (AvgIpc) is 2.37. The molecule has 0 bridgehead atoms. The fourth-order valence-electron chi connectivity index (χ4n) is 0.680. The largest absolute Gasteiger partial charge is 0.313 e. The molecule has 0 aliphatic heterocycles. The van der Waals surface area contributed by atoms with Gasteiger partial charge in [-0.15, -0.1) is 11.3 Å². The van der Waals surface area contributed by atoms with Crippen LogP contribution in [0.25, 0.3) is 0 Å². The number of hydrogen-bond acceptors (Lipinski definition) is 2. The van der Waals surface area contributed by atoms with E-state index in [0.717, 1.165) is 0 Å². The van der Waals surface area contributed by atoms with E-state index in [2.05, 4.69) is 29.8 Å². The van der Waals surface area contributed by atoms with Gasteiger partial charge in [-0.2, -0.15) is 0 Å². The molecule has 1 atom stereocenters. The van der Waals surface area contributed by atoms with Gasteiger partial charge < -0.3 is 5.32 Å². The van der Waals surface area contributed by atoms with Gasteiger partial charge in [-0.25, -0.2) is 0 Å². The van der Waals surface area contributed by atoms with Crippen LogP contribution in [0.4, 0.5) is 0 Å². The lowest BCUT2D eigenvalue weighted by Gasteiger charge is -2.04. The summed E-state index contributed by atoms with van der Waals surface area (Å²) in [7, 11) is 1.98.